The molecule has 2 aliphatic rings. The molecule has 0 radical (unpaired) electrons. The van der Waals surface area contributed by atoms with Crippen molar-refractivity contribution in [1.29, 1.82) is 0 Å². The molecule has 2 saturated heterocycles. The summed E-state index contributed by atoms with van der Waals surface area (Å²) < 4.78 is 34.2. The fraction of sp³-hybridized carbons (Fsp3) is 0.894. The Morgan fingerprint density at radius 3 is 1.59 bits per heavy atom. The maximum Gasteiger partial charge on any atom is 0.306 e. The van der Waals surface area contributed by atoms with Gasteiger partial charge in [0.05, 0.1) is 26.4 Å². The molecule has 0 aromatic heterocycles. The maximum atomic E-state index is 12.9. The Morgan fingerprint density at radius 2 is 1.02 bits per heavy atom. The van der Waals surface area contributed by atoms with Gasteiger partial charge in [-0.15, -0.1) is 0 Å². The van der Waals surface area contributed by atoms with Crippen molar-refractivity contribution >= 4 is 5.97 Å². The number of hydrogen-bond acceptors (Lipinski definition) is 14. The molecule has 7 N–H and O–H groups in total. The number of aliphatic hydroxyl groups excluding tert-OH is 7. The number of rotatable bonds is 37. The Bertz CT molecular complexity index is 1110. The third kappa shape index (κ3) is 24.4. The van der Waals surface area contributed by atoms with Crippen LogP contribution in [0.1, 0.15) is 168 Å². The van der Waals surface area contributed by atoms with Crippen molar-refractivity contribution in [3.05, 3.63) is 24.3 Å². The van der Waals surface area contributed by atoms with Crippen LogP contribution in [-0.4, -0.2) is 142 Å². The van der Waals surface area contributed by atoms with Crippen molar-refractivity contribution in [3.8, 4) is 0 Å². The molecule has 11 unspecified atom stereocenters. The van der Waals surface area contributed by atoms with Crippen molar-refractivity contribution < 1.29 is 69.0 Å². The number of esters is 1. The molecule has 0 bridgehead atoms. The summed E-state index contributed by atoms with van der Waals surface area (Å²) in [7, 11) is 0. The van der Waals surface area contributed by atoms with Gasteiger partial charge in [0.1, 0.15) is 54.9 Å². The van der Waals surface area contributed by atoms with Crippen LogP contribution in [-0.2, 0) is 33.2 Å². The molecule has 0 aromatic carbocycles. The van der Waals surface area contributed by atoms with E-state index >= 15 is 0 Å². The van der Waals surface area contributed by atoms with Crippen LogP contribution in [0, 0.1) is 0 Å². The van der Waals surface area contributed by atoms with Crippen LogP contribution in [0.15, 0.2) is 24.3 Å². The molecule has 11 atom stereocenters. The standard InChI is InChI=1S/C47H86O14/c1-3-5-7-9-11-13-15-16-17-18-19-20-22-24-26-28-30-39(49)59-36(33-56-31-29-27-25-23-21-14-12-10-8-6-4-2)34-57-46-45(55)43(53)41(51)38(61-46)35-58-47-44(54)42(52)40(50)37(32-48)60-47/h13,15,17-18,36-38,40-48,50-55H,3-12,14,16,19-35H2,1-2H3/b15-13-,18-17-. The fourth-order valence-electron chi connectivity index (χ4n) is 7.49. The number of hydrogen-bond donors (Lipinski definition) is 7. The molecule has 2 aliphatic heterocycles. The van der Waals surface area contributed by atoms with Crippen molar-refractivity contribution in [1.82, 2.24) is 0 Å². The van der Waals surface area contributed by atoms with Gasteiger partial charge >= 0.3 is 5.97 Å². The lowest BCUT2D eigenvalue weighted by atomic mass is 9.98. The van der Waals surface area contributed by atoms with E-state index in [0.29, 0.717) is 13.0 Å². The van der Waals surface area contributed by atoms with E-state index in [-0.39, 0.29) is 25.6 Å². The summed E-state index contributed by atoms with van der Waals surface area (Å²) in [4.78, 5) is 12.9. The SMILES string of the molecule is CCCCCC/C=C\C/C=C\CCCCCCCC(=O)OC(COCCCCCCCCCCCCC)COC1OC(COC2OC(CO)C(O)C(O)C2O)C(O)C(O)C1O. The molecule has 2 fully saturated rings. The summed E-state index contributed by atoms with van der Waals surface area (Å²) in [5.41, 5.74) is 0. The minimum absolute atomic E-state index is 0.0589. The monoisotopic (exact) mass is 875 g/mol. The molecule has 14 heteroatoms. The molecule has 0 spiro atoms. The lowest BCUT2D eigenvalue weighted by Crippen LogP contribution is -2.61. The lowest BCUT2D eigenvalue weighted by Gasteiger charge is -2.42. The second-order valence-electron chi connectivity index (χ2n) is 16.9. The van der Waals surface area contributed by atoms with E-state index in [1.807, 2.05) is 0 Å². The summed E-state index contributed by atoms with van der Waals surface area (Å²) >= 11 is 0. The van der Waals surface area contributed by atoms with Gasteiger partial charge in [-0.2, -0.15) is 0 Å². The second kappa shape index (κ2) is 35.8. The molecule has 358 valence electrons. The molecule has 61 heavy (non-hydrogen) atoms. The van der Waals surface area contributed by atoms with E-state index < -0.39 is 80.7 Å². The lowest BCUT2D eigenvalue weighted by molar-refractivity contribution is -0.332. The van der Waals surface area contributed by atoms with Crippen molar-refractivity contribution in [3.63, 3.8) is 0 Å². The predicted octanol–water partition coefficient (Wildman–Crippen LogP) is 6.07. The van der Waals surface area contributed by atoms with Gasteiger partial charge in [0.2, 0.25) is 0 Å². The smallest absolute Gasteiger partial charge is 0.306 e. The molecule has 2 heterocycles. The number of aliphatic hydroxyl groups is 7. The molecule has 14 nitrogen and oxygen atoms in total. The predicted molar refractivity (Wildman–Crippen MR) is 233 cm³/mol. The highest BCUT2D eigenvalue weighted by Gasteiger charge is 2.47. The Balaban J connectivity index is 1.80. The van der Waals surface area contributed by atoms with Crippen LogP contribution < -0.4 is 0 Å². The molecule has 0 saturated carbocycles. The van der Waals surface area contributed by atoms with E-state index in [4.69, 9.17) is 28.4 Å². The van der Waals surface area contributed by atoms with Crippen molar-refractivity contribution in [2.75, 3.05) is 33.0 Å². The third-order valence-electron chi connectivity index (χ3n) is 11.5. The first kappa shape index (κ1) is 55.6. The van der Waals surface area contributed by atoms with Crippen LogP contribution in [0.3, 0.4) is 0 Å². The zero-order valence-electron chi connectivity index (χ0n) is 37.7. The quantitative estimate of drug-likeness (QED) is 0.0215. The largest absolute Gasteiger partial charge is 0.457 e. The first-order valence-electron chi connectivity index (χ1n) is 23.9. The molecular weight excluding hydrogens is 789 g/mol. The average Bonchev–Trinajstić information content (AvgIpc) is 3.25. The topological polar surface area (TPSA) is 214 Å². The summed E-state index contributed by atoms with van der Waals surface area (Å²) in [5.74, 6) is -0.389. The van der Waals surface area contributed by atoms with Gasteiger partial charge in [-0.3, -0.25) is 4.79 Å². The minimum Gasteiger partial charge on any atom is -0.457 e. The normalized spacial score (nSPS) is 27.6. The van der Waals surface area contributed by atoms with Gasteiger partial charge in [0, 0.05) is 13.0 Å². The first-order chi connectivity index (χ1) is 29.6. The molecule has 0 aromatic rings. The highest BCUT2D eigenvalue weighted by Crippen LogP contribution is 2.26. The third-order valence-corrected chi connectivity index (χ3v) is 11.5. The van der Waals surface area contributed by atoms with Gasteiger partial charge < -0.3 is 64.2 Å². The fourth-order valence-corrected chi connectivity index (χ4v) is 7.49. The minimum atomic E-state index is -1.71. The summed E-state index contributed by atoms with van der Waals surface area (Å²) in [6.45, 7) is 3.64. The second-order valence-corrected chi connectivity index (χ2v) is 16.9. The van der Waals surface area contributed by atoms with Crippen LogP contribution in [0.25, 0.3) is 0 Å². The van der Waals surface area contributed by atoms with Gasteiger partial charge in [0.15, 0.2) is 12.6 Å². The van der Waals surface area contributed by atoms with Gasteiger partial charge in [-0.25, -0.2) is 0 Å². The van der Waals surface area contributed by atoms with Gasteiger partial charge in [0.25, 0.3) is 0 Å². The summed E-state index contributed by atoms with van der Waals surface area (Å²) in [5, 5.41) is 71.9. The Hall–Kier alpha value is -1.53. The van der Waals surface area contributed by atoms with Crippen molar-refractivity contribution in [2.24, 2.45) is 0 Å². The first-order valence-corrected chi connectivity index (χ1v) is 23.9. The number of unbranched alkanes of at least 4 members (excludes halogenated alkanes) is 19. The van der Waals surface area contributed by atoms with Gasteiger partial charge in [-0.05, 0) is 44.9 Å². The molecular formula is C47H86O14. The number of carbonyl (C=O) groups is 1. The van der Waals surface area contributed by atoms with E-state index in [1.54, 1.807) is 0 Å². The zero-order chi connectivity index (χ0) is 44.5. The van der Waals surface area contributed by atoms with Crippen molar-refractivity contribution in [2.45, 2.75) is 235 Å². The van der Waals surface area contributed by atoms with E-state index in [9.17, 15) is 40.5 Å². The number of allylic oxidation sites excluding steroid dienone is 4. The van der Waals surface area contributed by atoms with Crippen LogP contribution in [0.5, 0.6) is 0 Å². The number of ether oxygens (including phenoxy) is 6. The van der Waals surface area contributed by atoms with Crippen LogP contribution in [0.2, 0.25) is 0 Å². The highest BCUT2D eigenvalue weighted by molar-refractivity contribution is 5.69. The molecule has 0 aliphatic carbocycles. The van der Waals surface area contributed by atoms with Crippen LogP contribution >= 0.6 is 0 Å². The number of carbonyl (C=O) groups excluding carboxylic acids is 1. The van der Waals surface area contributed by atoms with E-state index in [0.717, 1.165) is 64.2 Å². The summed E-state index contributed by atoms with van der Waals surface area (Å²) in [6.07, 6.45) is 19.6. The van der Waals surface area contributed by atoms with Crippen LogP contribution in [0.4, 0.5) is 0 Å². The Morgan fingerprint density at radius 1 is 0.541 bits per heavy atom. The molecule has 2 rings (SSSR count). The summed E-state index contributed by atoms with van der Waals surface area (Å²) in [6, 6.07) is 0. The Labute approximate surface area is 367 Å². The molecule has 0 amide bonds. The zero-order valence-corrected chi connectivity index (χ0v) is 37.7. The van der Waals surface area contributed by atoms with E-state index in [1.165, 1.54) is 77.0 Å². The van der Waals surface area contributed by atoms with Gasteiger partial charge in [-0.1, -0.05) is 141 Å². The van der Waals surface area contributed by atoms with E-state index in [2.05, 4.69) is 38.2 Å². The Kier molecular flexibility index (Phi) is 32.6. The highest BCUT2D eigenvalue weighted by atomic mass is 16.7. The average molecular weight is 875 g/mol. The maximum absolute atomic E-state index is 12.9.